The maximum Gasteiger partial charge on any atom is 0.238 e. The Morgan fingerprint density at radius 3 is 2.30 bits per heavy atom. The van der Waals surface area contributed by atoms with Crippen molar-refractivity contribution in [2.45, 2.75) is 13.3 Å². The predicted octanol–water partition coefficient (Wildman–Crippen LogP) is 3.80. The molecule has 0 aliphatic heterocycles. The zero-order chi connectivity index (χ0) is 19.2. The van der Waals surface area contributed by atoms with Crippen LogP contribution >= 0.6 is 12.2 Å². The molecule has 0 saturated heterocycles. The number of pyridine rings is 1. The van der Waals surface area contributed by atoms with Gasteiger partial charge < -0.3 is 10.4 Å². The van der Waals surface area contributed by atoms with E-state index in [1.807, 2.05) is 18.2 Å². The highest BCUT2D eigenvalue weighted by Gasteiger charge is 2.19. The van der Waals surface area contributed by atoms with Crippen molar-refractivity contribution in [2.24, 2.45) is 0 Å². The number of aromatic nitrogens is 1. The molecule has 0 spiro atoms. The Morgan fingerprint density at radius 2 is 1.67 bits per heavy atom. The van der Waals surface area contributed by atoms with E-state index in [2.05, 4.69) is 12.2 Å². The van der Waals surface area contributed by atoms with Gasteiger partial charge in [-0.05, 0) is 35.4 Å². The first kappa shape index (κ1) is 18.7. The fourth-order valence-corrected chi connectivity index (χ4v) is 2.97. The molecule has 0 bridgehead atoms. The van der Waals surface area contributed by atoms with Crippen LogP contribution in [-0.4, -0.2) is 4.99 Å². The number of rotatable bonds is 5. The third kappa shape index (κ3) is 4.38. The van der Waals surface area contributed by atoms with Gasteiger partial charge in [0.25, 0.3) is 0 Å². The van der Waals surface area contributed by atoms with Gasteiger partial charge in [-0.25, -0.2) is 4.39 Å². The van der Waals surface area contributed by atoms with Crippen LogP contribution < -0.4 is 15.0 Å². The molecule has 0 unspecified atom stereocenters. The first-order valence-electron chi connectivity index (χ1n) is 8.63. The summed E-state index contributed by atoms with van der Waals surface area (Å²) in [6, 6.07) is 19.1. The van der Waals surface area contributed by atoms with E-state index >= 15 is 0 Å². The van der Waals surface area contributed by atoms with E-state index < -0.39 is 5.82 Å². The van der Waals surface area contributed by atoms with Gasteiger partial charge in [-0.3, -0.25) is 0 Å². The van der Waals surface area contributed by atoms with Gasteiger partial charge in [0.15, 0.2) is 17.4 Å². The summed E-state index contributed by atoms with van der Waals surface area (Å²) < 4.78 is 15.6. The maximum absolute atomic E-state index is 14.0. The zero-order valence-electron chi connectivity index (χ0n) is 14.9. The molecule has 0 atom stereocenters. The van der Waals surface area contributed by atoms with Gasteiger partial charge in [-0.1, -0.05) is 61.6 Å². The fraction of sp³-hybridized carbons (Fsp3) is 0.0909. The number of aryl methyl sites for hydroxylation is 1. The lowest BCUT2D eigenvalue weighted by atomic mass is 10.1. The number of nitrogens with one attached hydrogen (secondary N) is 1. The molecule has 3 aromatic rings. The molecule has 1 aromatic heterocycles. The van der Waals surface area contributed by atoms with Crippen LogP contribution in [0.5, 0.6) is 0 Å². The van der Waals surface area contributed by atoms with Gasteiger partial charge in [0, 0.05) is 12.1 Å². The summed E-state index contributed by atoms with van der Waals surface area (Å²) in [5, 5.41) is 16.0. The standard InChI is InChI=1S/C22H19FN2OS/c1-2-16-10-12-17(13-11-16)21(26)20(25-14-6-3-7-15-25)22(27)24-19-9-5-4-8-18(19)23/h3-15H,2H2,1H3,(H-,24,26,27). The largest absolute Gasteiger partial charge is 0.867 e. The monoisotopic (exact) mass is 378 g/mol. The molecule has 5 heteroatoms. The number of halogens is 1. The summed E-state index contributed by atoms with van der Waals surface area (Å²) in [5.41, 5.74) is 2.16. The molecule has 0 saturated carbocycles. The minimum Gasteiger partial charge on any atom is -0.867 e. The molecule has 1 heterocycles. The molecule has 2 aromatic carbocycles. The first-order valence-corrected chi connectivity index (χ1v) is 9.04. The summed E-state index contributed by atoms with van der Waals surface area (Å²) in [4.78, 5) is 0.154. The minimum absolute atomic E-state index is 0.154. The van der Waals surface area contributed by atoms with E-state index in [1.165, 1.54) is 6.07 Å². The van der Waals surface area contributed by atoms with Crippen LogP contribution in [0.25, 0.3) is 11.5 Å². The Kier molecular flexibility index (Phi) is 5.94. The second-order valence-electron chi connectivity index (χ2n) is 5.94. The molecular weight excluding hydrogens is 359 g/mol. The van der Waals surface area contributed by atoms with Crippen molar-refractivity contribution < 1.29 is 14.1 Å². The van der Waals surface area contributed by atoms with Crippen molar-refractivity contribution in [2.75, 3.05) is 5.32 Å². The molecule has 0 fully saturated rings. The van der Waals surface area contributed by atoms with E-state index in [-0.39, 0.29) is 22.1 Å². The zero-order valence-corrected chi connectivity index (χ0v) is 15.7. The number of hydrogen-bond acceptors (Lipinski definition) is 2. The Hall–Kier alpha value is -3.05. The second-order valence-corrected chi connectivity index (χ2v) is 6.35. The number of thiocarbonyl (C=S) groups is 1. The van der Waals surface area contributed by atoms with Crippen LogP contribution in [0.1, 0.15) is 18.1 Å². The molecule has 3 rings (SSSR count). The molecule has 0 aliphatic rings. The van der Waals surface area contributed by atoms with E-state index in [0.717, 1.165) is 12.0 Å². The summed E-state index contributed by atoms with van der Waals surface area (Å²) in [5.74, 6) is -0.667. The van der Waals surface area contributed by atoms with Gasteiger partial charge in [0.05, 0.1) is 5.69 Å². The molecule has 3 nitrogen and oxygen atoms in total. The van der Waals surface area contributed by atoms with Crippen molar-refractivity contribution in [1.29, 1.82) is 0 Å². The summed E-state index contributed by atoms with van der Waals surface area (Å²) >= 11 is 5.47. The van der Waals surface area contributed by atoms with Crippen molar-refractivity contribution >= 4 is 34.3 Å². The molecule has 0 radical (unpaired) electrons. The summed E-state index contributed by atoms with van der Waals surface area (Å²) in [6.07, 6.45) is 4.37. The SMILES string of the molecule is CCc1ccc(C([O-])=C(C(=S)Nc2ccccc2F)[n+]2ccccc2)cc1. The predicted molar refractivity (Wildman–Crippen MR) is 108 cm³/mol. The van der Waals surface area contributed by atoms with Crippen molar-refractivity contribution in [3.8, 4) is 0 Å². The second kappa shape index (κ2) is 8.56. The van der Waals surface area contributed by atoms with Crippen molar-refractivity contribution in [3.63, 3.8) is 0 Å². The number of nitrogens with zero attached hydrogens (tertiary/aromatic N) is 1. The first-order chi connectivity index (χ1) is 13.1. The van der Waals surface area contributed by atoms with Crippen LogP contribution in [0.15, 0.2) is 79.1 Å². The molecule has 0 amide bonds. The lowest BCUT2D eigenvalue weighted by molar-refractivity contribution is -0.577. The van der Waals surface area contributed by atoms with E-state index in [9.17, 15) is 9.50 Å². The van der Waals surface area contributed by atoms with Crippen molar-refractivity contribution in [1.82, 2.24) is 0 Å². The van der Waals surface area contributed by atoms with Crippen LogP contribution in [-0.2, 0) is 6.42 Å². The maximum atomic E-state index is 14.0. The van der Waals surface area contributed by atoms with E-state index in [4.69, 9.17) is 12.2 Å². The lowest BCUT2D eigenvalue weighted by Crippen LogP contribution is -2.39. The number of hydrogen-bond donors (Lipinski definition) is 1. The van der Waals surface area contributed by atoms with Gasteiger partial charge in [0.1, 0.15) is 5.82 Å². The normalized spacial score (nSPS) is 11.6. The summed E-state index contributed by atoms with van der Waals surface area (Å²) in [7, 11) is 0. The number of para-hydroxylation sites is 1. The van der Waals surface area contributed by atoms with Crippen molar-refractivity contribution in [3.05, 3.63) is 96.1 Å². The third-order valence-electron chi connectivity index (χ3n) is 4.15. The Labute approximate surface area is 163 Å². The Balaban J connectivity index is 2.05. The van der Waals surface area contributed by atoms with E-state index in [1.54, 1.807) is 59.4 Å². The van der Waals surface area contributed by atoms with Gasteiger partial charge in [-0.15, -0.1) is 0 Å². The van der Waals surface area contributed by atoms with Crippen LogP contribution in [0.3, 0.4) is 0 Å². The summed E-state index contributed by atoms with van der Waals surface area (Å²) in [6.45, 7) is 2.06. The van der Waals surface area contributed by atoms with Crippen LogP contribution in [0.4, 0.5) is 10.1 Å². The molecule has 1 N–H and O–H groups in total. The number of anilines is 1. The topological polar surface area (TPSA) is 39.0 Å². The van der Waals surface area contributed by atoms with Crippen LogP contribution in [0, 0.1) is 5.82 Å². The number of benzene rings is 2. The highest BCUT2D eigenvalue weighted by Crippen LogP contribution is 2.19. The Bertz CT molecular complexity index is 969. The quantitative estimate of drug-likeness (QED) is 0.318. The highest BCUT2D eigenvalue weighted by molar-refractivity contribution is 7.81. The smallest absolute Gasteiger partial charge is 0.238 e. The molecular formula is C22H19FN2OS. The molecule has 0 aliphatic carbocycles. The third-order valence-corrected chi connectivity index (χ3v) is 4.45. The fourth-order valence-electron chi connectivity index (χ4n) is 2.66. The lowest BCUT2D eigenvalue weighted by Gasteiger charge is -2.17. The molecule has 27 heavy (non-hydrogen) atoms. The van der Waals surface area contributed by atoms with Gasteiger partial charge >= 0.3 is 0 Å². The average Bonchev–Trinajstić information content (AvgIpc) is 2.71. The average molecular weight is 378 g/mol. The van der Waals surface area contributed by atoms with Gasteiger partial charge in [-0.2, -0.15) is 4.57 Å². The van der Waals surface area contributed by atoms with E-state index in [0.29, 0.717) is 5.56 Å². The van der Waals surface area contributed by atoms with Crippen LogP contribution in [0.2, 0.25) is 0 Å². The van der Waals surface area contributed by atoms with Gasteiger partial charge in [0.2, 0.25) is 5.70 Å². The highest BCUT2D eigenvalue weighted by atomic mass is 32.1. The molecule has 136 valence electrons. The Morgan fingerprint density at radius 1 is 1.00 bits per heavy atom. The minimum atomic E-state index is -0.433.